The van der Waals surface area contributed by atoms with Crippen LogP contribution >= 0.6 is 0 Å². The number of hydrogen-bond donors (Lipinski definition) is 3. The molecule has 1 aromatic heterocycles. The lowest BCUT2D eigenvalue weighted by atomic mass is 10.1. The number of hydrogen-bond acceptors (Lipinski definition) is 5. The summed E-state index contributed by atoms with van der Waals surface area (Å²) in [6.45, 7) is 0. The summed E-state index contributed by atoms with van der Waals surface area (Å²) in [5.74, 6) is -0.512. The number of aromatic nitrogens is 1. The van der Waals surface area contributed by atoms with Crippen molar-refractivity contribution < 1.29 is 14.4 Å². The second-order valence-corrected chi connectivity index (χ2v) is 4.16. The van der Waals surface area contributed by atoms with Gasteiger partial charge in [-0.05, 0) is 18.6 Å². The topological polar surface area (TPSA) is 100 Å². The summed E-state index contributed by atoms with van der Waals surface area (Å²) in [5.41, 5.74) is 0.365. The van der Waals surface area contributed by atoms with Gasteiger partial charge in [-0.3, -0.25) is 19.7 Å². The fourth-order valence-corrected chi connectivity index (χ4v) is 1.75. The summed E-state index contributed by atoms with van der Waals surface area (Å²) >= 11 is 0. The number of nitrogens with zero attached hydrogens (tertiary/aromatic N) is 1. The Morgan fingerprint density at radius 2 is 2.21 bits per heavy atom. The molecule has 2 rings (SSSR count). The van der Waals surface area contributed by atoms with Gasteiger partial charge in [0.05, 0.1) is 5.56 Å². The van der Waals surface area contributed by atoms with E-state index in [0.29, 0.717) is 17.8 Å². The van der Waals surface area contributed by atoms with Crippen molar-refractivity contribution in [1.29, 1.82) is 0 Å². The van der Waals surface area contributed by atoms with Crippen LogP contribution in [0.2, 0.25) is 0 Å². The number of pyridine rings is 1. The molecular weight excluding hydrogens is 248 g/mol. The fraction of sp³-hybridized carbons (Fsp3) is 0.333. The van der Waals surface area contributed by atoms with Crippen LogP contribution < -0.4 is 16.0 Å². The zero-order valence-electron chi connectivity index (χ0n) is 10.4. The Labute approximate surface area is 109 Å². The second kappa shape index (κ2) is 5.47. The minimum absolute atomic E-state index is 0.230. The first-order valence-corrected chi connectivity index (χ1v) is 5.88. The Hall–Kier alpha value is -2.44. The van der Waals surface area contributed by atoms with Crippen LogP contribution in [-0.4, -0.2) is 35.8 Å². The van der Waals surface area contributed by atoms with Gasteiger partial charge in [0.15, 0.2) is 0 Å². The van der Waals surface area contributed by atoms with E-state index in [2.05, 4.69) is 20.9 Å². The Morgan fingerprint density at radius 3 is 2.79 bits per heavy atom. The summed E-state index contributed by atoms with van der Waals surface area (Å²) in [4.78, 5) is 38.4. The van der Waals surface area contributed by atoms with Crippen LogP contribution in [0.25, 0.3) is 0 Å². The van der Waals surface area contributed by atoms with Crippen molar-refractivity contribution in [2.24, 2.45) is 0 Å². The largest absolute Gasteiger partial charge is 0.373 e. The molecule has 3 N–H and O–H groups in total. The molecule has 0 spiro atoms. The van der Waals surface area contributed by atoms with Crippen LogP contribution in [0.5, 0.6) is 0 Å². The third-order valence-electron chi connectivity index (χ3n) is 2.83. The van der Waals surface area contributed by atoms with Gasteiger partial charge in [0.25, 0.3) is 5.91 Å². The fourth-order valence-electron chi connectivity index (χ4n) is 1.75. The molecule has 0 saturated carbocycles. The highest BCUT2D eigenvalue weighted by Gasteiger charge is 2.28. The zero-order chi connectivity index (χ0) is 13.8. The molecule has 1 fully saturated rings. The molecule has 1 atom stereocenters. The van der Waals surface area contributed by atoms with E-state index in [0.717, 1.165) is 0 Å². The lowest BCUT2D eigenvalue weighted by Crippen LogP contribution is -2.52. The van der Waals surface area contributed by atoms with Crippen LogP contribution in [0.3, 0.4) is 0 Å². The van der Waals surface area contributed by atoms with Crippen LogP contribution in [0.1, 0.15) is 23.2 Å². The highest BCUT2D eigenvalue weighted by atomic mass is 16.2. The minimum Gasteiger partial charge on any atom is -0.373 e. The number of nitrogens with one attached hydrogen (secondary N) is 3. The Kier molecular flexibility index (Phi) is 3.74. The SMILES string of the molecule is CNc1ccc(C(=O)NC2CCC(=O)NC2=O)cn1. The molecule has 19 heavy (non-hydrogen) atoms. The number of imide groups is 1. The van der Waals surface area contributed by atoms with Gasteiger partial charge in [-0.2, -0.15) is 0 Å². The van der Waals surface area contributed by atoms with Crippen molar-refractivity contribution in [3.05, 3.63) is 23.9 Å². The van der Waals surface area contributed by atoms with Gasteiger partial charge in [-0.15, -0.1) is 0 Å². The Bertz CT molecular complexity index is 512. The van der Waals surface area contributed by atoms with Gasteiger partial charge in [0, 0.05) is 19.7 Å². The summed E-state index contributed by atoms with van der Waals surface area (Å²) in [5, 5.41) is 7.61. The number of anilines is 1. The van der Waals surface area contributed by atoms with Crippen LogP contribution in [0.15, 0.2) is 18.3 Å². The lowest BCUT2D eigenvalue weighted by Gasteiger charge is -2.21. The van der Waals surface area contributed by atoms with E-state index in [1.807, 2.05) is 0 Å². The number of rotatable bonds is 3. The van der Waals surface area contributed by atoms with E-state index in [9.17, 15) is 14.4 Å². The predicted molar refractivity (Wildman–Crippen MR) is 67.4 cm³/mol. The zero-order valence-corrected chi connectivity index (χ0v) is 10.4. The third-order valence-corrected chi connectivity index (χ3v) is 2.83. The average molecular weight is 262 g/mol. The summed E-state index contributed by atoms with van der Waals surface area (Å²) in [7, 11) is 1.73. The number of carbonyl (C=O) groups is 3. The van der Waals surface area contributed by atoms with Gasteiger partial charge in [-0.25, -0.2) is 4.98 Å². The lowest BCUT2D eigenvalue weighted by molar-refractivity contribution is -0.134. The average Bonchev–Trinajstić information content (AvgIpc) is 2.42. The normalized spacial score (nSPS) is 18.7. The molecule has 1 aliphatic rings. The number of carbonyl (C=O) groups excluding carboxylic acids is 3. The molecule has 0 radical (unpaired) electrons. The van der Waals surface area contributed by atoms with Crippen molar-refractivity contribution in [3.8, 4) is 0 Å². The summed E-state index contributed by atoms with van der Waals surface area (Å²) in [6.07, 6.45) is 1.97. The molecule has 1 unspecified atom stereocenters. The third kappa shape index (κ3) is 3.06. The van der Waals surface area contributed by atoms with Crippen molar-refractivity contribution in [2.75, 3.05) is 12.4 Å². The van der Waals surface area contributed by atoms with Gasteiger partial charge in [0.1, 0.15) is 11.9 Å². The van der Waals surface area contributed by atoms with Crippen LogP contribution in [-0.2, 0) is 9.59 Å². The van der Waals surface area contributed by atoms with Crippen molar-refractivity contribution in [2.45, 2.75) is 18.9 Å². The maximum absolute atomic E-state index is 11.9. The molecule has 7 heteroatoms. The molecule has 3 amide bonds. The van der Waals surface area contributed by atoms with Crippen molar-refractivity contribution in [3.63, 3.8) is 0 Å². The predicted octanol–water partition coefficient (Wildman–Crippen LogP) is -0.342. The van der Waals surface area contributed by atoms with Crippen LogP contribution in [0, 0.1) is 0 Å². The number of amides is 3. The van der Waals surface area contributed by atoms with Crippen molar-refractivity contribution in [1.82, 2.24) is 15.6 Å². The molecule has 1 aromatic rings. The van der Waals surface area contributed by atoms with E-state index in [1.54, 1.807) is 19.2 Å². The molecular formula is C12H14N4O3. The highest BCUT2D eigenvalue weighted by molar-refractivity contribution is 6.03. The van der Waals surface area contributed by atoms with Gasteiger partial charge in [0.2, 0.25) is 11.8 Å². The molecule has 0 bridgehead atoms. The van der Waals surface area contributed by atoms with Crippen molar-refractivity contribution >= 4 is 23.5 Å². The first kappa shape index (κ1) is 13.0. The maximum Gasteiger partial charge on any atom is 0.253 e. The molecule has 1 saturated heterocycles. The molecule has 1 aliphatic heterocycles. The van der Waals surface area contributed by atoms with E-state index >= 15 is 0 Å². The smallest absolute Gasteiger partial charge is 0.253 e. The van der Waals surface area contributed by atoms with Gasteiger partial charge in [-0.1, -0.05) is 0 Å². The molecule has 2 heterocycles. The van der Waals surface area contributed by atoms with E-state index in [1.165, 1.54) is 6.20 Å². The Morgan fingerprint density at radius 1 is 1.42 bits per heavy atom. The minimum atomic E-state index is -0.672. The quantitative estimate of drug-likeness (QED) is 0.647. The Balaban J connectivity index is 2.00. The first-order chi connectivity index (χ1) is 9.10. The standard InChI is InChI=1S/C12H14N4O3/c1-13-9-4-2-7(6-14-9)11(18)15-8-3-5-10(17)16-12(8)19/h2,4,6,8H,3,5H2,1H3,(H,13,14)(H,15,18)(H,16,17,19). The molecule has 100 valence electrons. The summed E-state index contributed by atoms with van der Waals surface area (Å²) in [6, 6.07) is 2.61. The van der Waals surface area contributed by atoms with E-state index in [4.69, 9.17) is 0 Å². The van der Waals surface area contributed by atoms with Gasteiger partial charge < -0.3 is 10.6 Å². The molecule has 7 nitrogen and oxygen atoms in total. The monoisotopic (exact) mass is 262 g/mol. The van der Waals surface area contributed by atoms with Gasteiger partial charge >= 0.3 is 0 Å². The maximum atomic E-state index is 11.9. The summed E-state index contributed by atoms with van der Waals surface area (Å²) < 4.78 is 0. The molecule has 0 aliphatic carbocycles. The molecule has 0 aromatic carbocycles. The second-order valence-electron chi connectivity index (χ2n) is 4.16. The highest BCUT2D eigenvalue weighted by Crippen LogP contribution is 2.07. The van der Waals surface area contributed by atoms with Crippen LogP contribution in [0.4, 0.5) is 5.82 Å². The number of piperidine rings is 1. The first-order valence-electron chi connectivity index (χ1n) is 5.88. The van der Waals surface area contributed by atoms with E-state index < -0.39 is 11.9 Å². The van der Waals surface area contributed by atoms with E-state index in [-0.39, 0.29) is 18.2 Å².